The maximum atomic E-state index is 13.9. The number of carbonyl (C=O) groups excluding carboxylic acids is 2. The molecule has 3 aliphatic rings. The Bertz CT molecular complexity index is 1060. The molecular formula is C25H34BrN3O5Si. The van der Waals surface area contributed by atoms with Crippen LogP contribution in [0, 0.1) is 5.92 Å². The lowest BCUT2D eigenvalue weighted by Gasteiger charge is -2.38. The second-order valence-electron chi connectivity index (χ2n) is 10.6. The molecule has 35 heavy (non-hydrogen) atoms. The van der Waals surface area contributed by atoms with Gasteiger partial charge in [-0.25, -0.2) is 9.69 Å². The van der Waals surface area contributed by atoms with E-state index in [0.717, 1.165) is 21.7 Å². The van der Waals surface area contributed by atoms with Gasteiger partial charge in [-0.2, -0.15) is 0 Å². The van der Waals surface area contributed by atoms with Crippen LogP contribution in [0.1, 0.15) is 23.8 Å². The summed E-state index contributed by atoms with van der Waals surface area (Å²) in [5, 5.41) is 14.1. The predicted molar refractivity (Wildman–Crippen MR) is 140 cm³/mol. The second-order valence-corrected chi connectivity index (χ2v) is 17.2. The van der Waals surface area contributed by atoms with Crippen LogP contribution in [-0.2, 0) is 16.1 Å². The van der Waals surface area contributed by atoms with Crippen LogP contribution in [0.5, 0.6) is 5.75 Å². The minimum atomic E-state index is -1.29. The van der Waals surface area contributed by atoms with Gasteiger partial charge < -0.3 is 19.9 Å². The van der Waals surface area contributed by atoms with Crippen molar-refractivity contribution in [3.63, 3.8) is 0 Å². The average molecular weight is 565 g/mol. The summed E-state index contributed by atoms with van der Waals surface area (Å²) in [6.45, 7) is 7.83. The monoisotopic (exact) mass is 563 g/mol. The molecule has 3 amide bonds. The lowest BCUT2D eigenvalue weighted by Crippen LogP contribution is -2.59. The molecule has 0 saturated carbocycles. The van der Waals surface area contributed by atoms with Gasteiger partial charge in [-0.1, -0.05) is 59.9 Å². The minimum absolute atomic E-state index is 0.0790. The van der Waals surface area contributed by atoms with Gasteiger partial charge in [-0.15, -0.1) is 0 Å². The van der Waals surface area contributed by atoms with Crippen molar-refractivity contribution in [1.82, 2.24) is 15.1 Å². The molecule has 0 radical (unpaired) electrons. The number of benzene rings is 1. The highest BCUT2D eigenvalue weighted by molar-refractivity contribution is 9.11. The SMILES string of the molecule is COc1ccc2c(c1)C(O)N(C[C@@]1(C3C=C(Br)C=CC3)NC(=O)N(COCC[Si](C)(C)C)C1=O)C2. The Morgan fingerprint density at radius 3 is 2.74 bits per heavy atom. The van der Waals surface area contributed by atoms with Gasteiger partial charge in [0.25, 0.3) is 5.91 Å². The van der Waals surface area contributed by atoms with E-state index in [0.29, 0.717) is 25.3 Å². The first-order chi connectivity index (χ1) is 16.5. The van der Waals surface area contributed by atoms with Crippen LogP contribution in [0.4, 0.5) is 4.79 Å². The van der Waals surface area contributed by atoms with Gasteiger partial charge in [0.1, 0.15) is 24.2 Å². The summed E-state index contributed by atoms with van der Waals surface area (Å²) in [5.74, 6) is 0.0550. The number of hydrogen-bond donors (Lipinski definition) is 2. The van der Waals surface area contributed by atoms with Crippen LogP contribution in [0.2, 0.25) is 25.7 Å². The van der Waals surface area contributed by atoms with Gasteiger partial charge in [0.15, 0.2) is 0 Å². The molecule has 2 N–H and O–H groups in total. The third kappa shape index (κ3) is 5.41. The van der Waals surface area contributed by atoms with Crippen LogP contribution < -0.4 is 10.1 Å². The summed E-state index contributed by atoms with van der Waals surface area (Å²) in [4.78, 5) is 29.9. The summed E-state index contributed by atoms with van der Waals surface area (Å²) in [7, 11) is 0.293. The third-order valence-corrected chi connectivity index (χ3v) is 9.11. The molecule has 0 bridgehead atoms. The molecule has 4 rings (SSSR count). The van der Waals surface area contributed by atoms with Crippen molar-refractivity contribution in [3.8, 4) is 5.75 Å². The Hall–Kier alpha value is -1.98. The largest absolute Gasteiger partial charge is 0.497 e. The van der Waals surface area contributed by atoms with Crippen molar-refractivity contribution in [1.29, 1.82) is 0 Å². The van der Waals surface area contributed by atoms with Gasteiger partial charge in [-0.05, 0) is 30.2 Å². The topological polar surface area (TPSA) is 91.3 Å². The predicted octanol–water partition coefficient (Wildman–Crippen LogP) is 3.96. The van der Waals surface area contributed by atoms with E-state index in [1.165, 1.54) is 4.90 Å². The van der Waals surface area contributed by atoms with Crippen molar-refractivity contribution in [2.24, 2.45) is 5.92 Å². The molecule has 2 aliphatic heterocycles. The molecule has 1 saturated heterocycles. The van der Waals surface area contributed by atoms with Crippen LogP contribution in [0.25, 0.3) is 0 Å². The highest BCUT2D eigenvalue weighted by Gasteiger charge is 2.57. The van der Waals surface area contributed by atoms with Gasteiger partial charge in [0.05, 0.1) is 7.11 Å². The lowest BCUT2D eigenvalue weighted by molar-refractivity contribution is -0.138. The van der Waals surface area contributed by atoms with Crippen LogP contribution in [0.15, 0.2) is 40.9 Å². The van der Waals surface area contributed by atoms with Gasteiger partial charge in [0, 0.05) is 43.7 Å². The number of rotatable bonds is 9. The zero-order valence-corrected chi connectivity index (χ0v) is 23.3. The van der Waals surface area contributed by atoms with Crippen molar-refractivity contribution < 1.29 is 24.2 Å². The molecule has 1 aromatic rings. The number of aliphatic hydroxyl groups excluding tert-OH is 1. The molecule has 3 atom stereocenters. The summed E-state index contributed by atoms with van der Waals surface area (Å²) < 4.78 is 11.9. The number of hydrogen-bond acceptors (Lipinski definition) is 6. The fourth-order valence-corrected chi connectivity index (χ4v) is 6.07. The smallest absolute Gasteiger partial charge is 0.327 e. The number of fused-ring (bicyclic) bond motifs is 1. The van der Waals surface area contributed by atoms with E-state index in [-0.39, 0.29) is 25.1 Å². The summed E-state index contributed by atoms with van der Waals surface area (Å²) in [6.07, 6.45) is 5.58. The maximum Gasteiger partial charge on any atom is 0.327 e. The number of allylic oxidation sites excluding steroid dienone is 3. The molecule has 2 heterocycles. The minimum Gasteiger partial charge on any atom is -0.497 e. The molecule has 0 aromatic heterocycles. The van der Waals surface area contributed by atoms with E-state index in [9.17, 15) is 14.7 Å². The molecule has 8 nitrogen and oxygen atoms in total. The Balaban J connectivity index is 1.57. The second kappa shape index (κ2) is 10.2. The number of amides is 3. The molecule has 1 fully saturated rings. The Morgan fingerprint density at radius 1 is 1.29 bits per heavy atom. The number of aliphatic hydroxyl groups is 1. The fraction of sp³-hybridized carbons (Fsp3) is 0.520. The Morgan fingerprint density at radius 2 is 2.06 bits per heavy atom. The number of ether oxygens (including phenoxy) is 2. The number of imide groups is 1. The maximum absolute atomic E-state index is 13.9. The number of nitrogens with one attached hydrogen (secondary N) is 1. The van der Waals surface area contributed by atoms with E-state index in [4.69, 9.17) is 9.47 Å². The molecule has 2 unspecified atom stereocenters. The first-order valence-corrected chi connectivity index (χ1v) is 16.4. The van der Waals surface area contributed by atoms with E-state index in [1.807, 2.05) is 41.3 Å². The van der Waals surface area contributed by atoms with Crippen LogP contribution in [-0.4, -0.2) is 67.4 Å². The van der Waals surface area contributed by atoms with Crippen LogP contribution in [0.3, 0.4) is 0 Å². The van der Waals surface area contributed by atoms with Crippen molar-refractivity contribution in [3.05, 3.63) is 52.0 Å². The Labute approximate surface area is 216 Å². The highest BCUT2D eigenvalue weighted by atomic mass is 79.9. The van der Waals surface area contributed by atoms with Crippen LogP contribution >= 0.6 is 15.9 Å². The number of urea groups is 1. The standard InChI is InChI=1S/C25H34BrN3O5Si/c1-33-20-9-8-17-14-28(22(30)21(17)13-20)15-25(18-6-5-7-19(26)12-18)23(31)29(24(32)27-25)16-34-10-11-35(2,3)4/h5,7-9,12-13,18,22,30H,6,10-11,14-16H2,1-4H3,(H,27,32)/t18?,22?,25-/m0/s1. The van der Waals surface area contributed by atoms with E-state index in [1.54, 1.807) is 7.11 Å². The molecule has 1 aliphatic carbocycles. The lowest BCUT2D eigenvalue weighted by atomic mass is 9.79. The third-order valence-electron chi connectivity index (χ3n) is 6.88. The number of nitrogens with zero attached hydrogens (tertiary/aromatic N) is 2. The Kier molecular flexibility index (Phi) is 7.59. The fourth-order valence-electron chi connectivity index (χ4n) is 4.81. The molecule has 190 valence electrons. The van der Waals surface area contributed by atoms with Crippen molar-refractivity contribution in [2.45, 2.75) is 50.4 Å². The zero-order valence-electron chi connectivity index (χ0n) is 20.7. The number of carbonyl (C=O) groups is 2. The summed E-state index contributed by atoms with van der Waals surface area (Å²) >= 11 is 3.52. The normalized spacial score (nSPS) is 26.7. The van der Waals surface area contributed by atoms with Gasteiger partial charge >= 0.3 is 6.03 Å². The highest BCUT2D eigenvalue weighted by Crippen LogP contribution is 2.40. The number of methoxy groups -OCH3 is 1. The molecule has 10 heteroatoms. The summed E-state index contributed by atoms with van der Waals surface area (Å²) in [6, 6.07) is 6.10. The van der Waals surface area contributed by atoms with E-state index < -0.39 is 25.9 Å². The molecule has 0 spiro atoms. The van der Waals surface area contributed by atoms with E-state index >= 15 is 0 Å². The molecular weight excluding hydrogens is 530 g/mol. The molecule has 1 aromatic carbocycles. The quantitative estimate of drug-likeness (QED) is 0.268. The van der Waals surface area contributed by atoms with Gasteiger partial charge in [-0.3, -0.25) is 9.69 Å². The zero-order chi connectivity index (χ0) is 25.4. The summed E-state index contributed by atoms with van der Waals surface area (Å²) in [5.41, 5.74) is 0.496. The first kappa shape index (κ1) is 26.1. The average Bonchev–Trinajstić information content (AvgIpc) is 3.24. The van der Waals surface area contributed by atoms with Gasteiger partial charge in [0.2, 0.25) is 0 Å². The van der Waals surface area contributed by atoms with Crippen molar-refractivity contribution >= 4 is 35.9 Å². The first-order valence-electron chi connectivity index (χ1n) is 11.9. The number of halogens is 1. The van der Waals surface area contributed by atoms with Crippen molar-refractivity contribution in [2.75, 3.05) is 27.0 Å². The van der Waals surface area contributed by atoms with E-state index in [2.05, 4.69) is 40.9 Å².